The van der Waals surface area contributed by atoms with Gasteiger partial charge in [0.05, 0.1) is 21.3 Å². The summed E-state index contributed by atoms with van der Waals surface area (Å²) in [6.45, 7) is 2.26. The van der Waals surface area contributed by atoms with E-state index < -0.39 is 6.10 Å². The first-order chi connectivity index (χ1) is 12.6. The first-order valence-corrected chi connectivity index (χ1v) is 8.41. The van der Waals surface area contributed by atoms with Gasteiger partial charge in [-0.25, -0.2) is 0 Å². The van der Waals surface area contributed by atoms with Crippen molar-refractivity contribution < 1.29 is 23.7 Å². The van der Waals surface area contributed by atoms with Crippen molar-refractivity contribution in [3.63, 3.8) is 0 Å². The molecule has 2 aromatic rings. The number of hydrogen-bond donors (Lipinski definition) is 1. The third kappa shape index (κ3) is 4.81. The molecule has 6 nitrogen and oxygen atoms in total. The molecule has 0 radical (unpaired) electrons. The van der Waals surface area contributed by atoms with E-state index in [1.165, 1.54) is 0 Å². The number of hydrogen-bond acceptors (Lipinski definition) is 5. The lowest BCUT2D eigenvalue weighted by Gasteiger charge is -2.19. The third-order valence-corrected chi connectivity index (χ3v) is 3.92. The van der Waals surface area contributed by atoms with Gasteiger partial charge in [-0.05, 0) is 36.2 Å². The second-order valence-corrected chi connectivity index (χ2v) is 5.57. The summed E-state index contributed by atoms with van der Waals surface area (Å²) >= 11 is 0. The molecule has 0 aromatic heterocycles. The van der Waals surface area contributed by atoms with E-state index in [0.29, 0.717) is 36.0 Å². The number of carbonyl (C=O) groups excluding carboxylic acids is 1. The minimum Gasteiger partial charge on any atom is -0.493 e. The maximum Gasteiger partial charge on any atom is 0.261 e. The molecule has 0 fully saturated rings. The summed E-state index contributed by atoms with van der Waals surface area (Å²) in [5.74, 6) is 2.22. The zero-order chi connectivity index (χ0) is 18.9. The molecule has 2 rings (SSSR count). The Bertz CT molecular complexity index is 732. The van der Waals surface area contributed by atoms with Crippen LogP contribution in [-0.2, 0) is 11.3 Å². The Balaban J connectivity index is 2.01. The van der Waals surface area contributed by atoms with Crippen LogP contribution in [0.15, 0.2) is 42.5 Å². The van der Waals surface area contributed by atoms with Gasteiger partial charge in [-0.2, -0.15) is 0 Å². The van der Waals surface area contributed by atoms with Gasteiger partial charge in [-0.1, -0.05) is 25.1 Å². The summed E-state index contributed by atoms with van der Waals surface area (Å²) in [5, 5.41) is 2.90. The molecule has 2 aromatic carbocycles. The van der Waals surface area contributed by atoms with Gasteiger partial charge in [0.2, 0.25) is 0 Å². The monoisotopic (exact) mass is 359 g/mol. The van der Waals surface area contributed by atoms with E-state index in [0.717, 1.165) is 5.56 Å². The fraction of sp³-hybridized carbons (Fsp3) is 0.350. The van der Waals surface area contributed by atoms with Crippen LogP contribution in [0.4, 0.5) is 0 Å². The van der Waals surface area contributed by atoms with E-state index >= 15 is 0 Å². The van der Waals surface area contributed by atoms with Crippen molar-refractivity contribution in [1.82, 2.24) is 5.32 Å². The highest BCUT2D eigenvalue weighted by Gasteiger charge is 2.20. The van der Waals surface area contributed by atoms with Gasteiger partial charge in [0.1, 0.15) is 0 Å². The average molecular weight is 359 g/mol. The van der Waals surface area contributed by atoms with E-state index in [9.17, 15) is 4.79 Å². The highest BCUT2D eigenvalue weighted by Crippen LogP contribution is 2.28. The Morgan fingerprint density at radius 2 is 1.54 bits per heavy atom. The van der Waals surface area contributed by atoms with Crippen LogP contribution in [0.5, 0.6) is 23.0 Å². The minimum absolute atomic E-state index is 0.187. The van der Waals surface area contributed by atoms with Crippen molar-refractivity contribution in [2.24, 2.45) is 0 Å². The summed E-state index contributed by atoms with van der Waals surface area (Å²) in [7, 11) is 4.73. The van der Waals surface area contributed by atoms with Crippen molar-refractivity contribution in [1.29, 1.82) is 0 Å². The summed E-state index contributed by atoms with van der Waals surface area (Å²) in [4.78, 5) is 12.5. The number of nitrogens with one attached hydrogen (secondary N) is 1. The predicted octanol–water partition coefficient (Wildman–Crippen LogP) is 3.19. The van der Waals surface area contributed by atoms with Gasteiger partial charge in [-0.15, -0.1) is 0 Å². The fourth-order valence-electron chi connectivity index (χ4n) is 2.49. The quantitative estimate of drug-likeness (QED) is 0.745. The molecule has 0 heterocycles. The van der Waals surface area contributed by atoms with E-state index in [4.69, 9.17) is 18.9 Å². The molecule has 0 unspecified atom stereocenters. The SMILES string of the molecule is CC[C@@H](Oc1ccccc1OC)C(=O)NCc1ccc(OC)c(OC)c1. The lowest BCUT2D eigenvalue weighted by atomic mass is 10.2. The molecule has 26 heavy (non-hydrogen) atoms. The van der Waals surface area contributed by atoms with Crippen LogP contribution in [0, 0.1) is 0 Å². The van der Waals surface area contributed by atoms with Crippen molar-refractivity contribution in [2.75, 3.05) is 21.3 Å². The van der Waals surface area contributed by atoms with Gasteiger partial charge in [0.15, 0.2) is 29.1 Å². The number of amides is 1. The van der Waals surface area contributed by atoms with Crippen molar-refractivity contribution >= 4 is 5.91 Å². The molecular formula is C20H25NO5. The Kier molecular flexibility index (Phi) is 7.14. The first kappa shape index (κ1) is 19.4. The largest absolute Gasteiger partial charge is 0.493 e. The lowest BCUT2D eigenvalue weighted by Crippen LogP contribution is -2.37. The molecule has 140 valence electrons. The molecule has 0 saturated carbocycles. The van der Waals surface area contributed by atoms with Crippen molar-refractivity contribution in [2.45, 2.75) is 26.0 Å². The van der Waals surface area contributed by atoms with Crippen LogP contribution in [0.25, 0.3) is 0 Å². The van der Waals surface area contributed by atoms with Crippen molar-refractivity contribution in [3.8, 4) is 23.0 Å². The van der Waals surface area contributed by atoms with Gasteiger partial charge in [0.25, 0.3) is 5.91 Å². The Labute approximate surface area is 154 Å². The number of ether oxygens (including phenoxy) is 4. The number of benzene rings is 2. The standard InChI is InChI=1S/C20H25NO5/c1-5-15(26-18-9-7-6-8-16(18)23-2)20(22)21-13-14-10-11-17(24-3)19(12-14)25-4/h6-12,15H,5,13H2,1-4H3,(H,21,22)/t15-/m1/s1. The Morgan fingerprint density at radius 3 is 2.15 bits per heavy atom. The minimum atomic E-state index is -0.605. The number of methoxy groups -OCH3 is 3. The van der Waals surface area contributed by atoms with Gasteiger partial charge in [-0.3, -0.25) is 4.79 Å². The maximum absolute atomic E-state index is 12.5. The summed E-state index contributed by atoms with van der Waals surface area (Å²) in [6, 6.07) is 12.8. The van der Waals surface area contributed by atoms with E-state index in [1.54, 1.807) is 33.5 Å². The van der Waals surface area contributed by atoms with E-state index in [-0.39, 0.29) is 5.91 Å². The second-order valence-electron chi connectivity index (χ2n) is 5.57. The van der Waals surface area contributed by atoms with Gasteiger partial charge < -0.3 is 24.3 Å². The maximum atomic E-state index is 12.5. The zero-order valence-corrected chi connectivity index (χ0v) is 15.6. The molecular weight excluding hydrogens is 334 g/mol. The second kappa shape index (κ2) is 9.56. The van der Waals surface area contributed by atoms with Gasteiger partial charge >= 0.3 is 0 Å². The molecule has 1 atom stereocenters. The Hall–Kier alpha value is -2.89. The van der Waals surface area contributed by atoms with Crippen LogP contribution in [0.1, 0.15) is 18.9 Å². The lowest BCUT2D eigenvalue weighted by molar-refractivity contribution is -0.128. The molecule has 0 aliphatic carbocycles. The third-order valence-electron chi connectivity index (χ3n) is 3.92. The van der Waals surface area contributed by atoms with E-state index in [1.807, 2.05) is 37.3 Å². The predicted molar refractivity (Wildman–Crippen MR) is 99.1 cm³/mol. The molecule has 0 aliphatic rings. The van der Waals surface area contributed by atoms with Crippen molar-refractivity contribution in [3.05, 3.63) is 48.0 Å². The van der Waals surface area contributed by atoms with Crippen LogP contribution in [0.2, 0.25) is 0 Å². The topological polar surface area (TPSA) is 66.0 Å². The molecule has 0 saturated heterocycles. The first-order valence-electron chi connectivity index (χ1n) is 8.41. The van der Waals surface area contributed by atoms with Crippen LogP contribution < -0.4 is 24.3 Å². The fourth-order valence-corrected chi connectivity index (χ4v) is 2.49. The van der Waals surface area contributed by atoms with Crippen LogP contribution in [0.3, 0.4) is 0 Å². The molecule has 1 N–H and O–H groups in total. The molecule has 0 spiro atoms. The van der Waals surface area contributed by atoms with Crippen LogP contribution in [-0.4, -0.2) is 33.3 Å². The summed E-state index contributed by atoms with van der Waals surface area (Å²) < 4.78 is 21.6. The Morgan fingerprint density at radius 1 is 0.923 bits per heavy atom. The number of rotatable bonds is 9. The summed E-state index contributed by atoms with van der Waals surface area (Å²) in [6.07, 6.45) is -0.0676. The highest BCUT2D eigenvalue weighted by atomic mass is 16.5. The number of para-hydroxylation sites is 2. The normalized spacial score (nSPS) is 11.4. The van der Waals surface area contributed by atoms with E-state index in [2.05, 4.69) is 5.32 Å². The molecule has 6 heteroatoms. The zero-order valence-electron chi connectivity index (χ0n) is 15.6. The molecule has 0 bridgehead atoms. The smallest absolute Gasteiger partial charge is 0.261 e. The highest BCUT2D eigenvalue weighted by molar-refractivity contribution is 5.81. The van der Waals surface area contributed by atoms with Gasteiger partial charge in [0, 0.05) is 6.54 Å². The number of carbonyl (C=O) groups is 1. The van der Waals surface area contributed by atoms with Crippen LogP contribution >= 0.6 is 0 Å². The average Bonchev–Trinajstić information content (AvgIpc) is 2.70. The molecule has 1 amide bonds. The summed E-state index contributed by atoms with van der Waals surface area (Å²) in [5.41, 5.74) is 0.906. The molecule has 0 aliphatic heterocycles.